The molecule has 0 saturated heterocycles. The molecule has 5 heteroatoms. The van der Waals surface area contributed by atoms with E-state index < -0.39 is 5.97 Å². The van der Waals surface area contributed by atoms with Crippen LogP contribution in [0.1, 0.15) is 41.1 Å². The summed E-state index contributed by atoms with van der Waals surface area (Å²) in [6, 6.07) is 0. The van der Waals surface area contributed by atoms with Crippen molar-refractivity contribution in [2.24, 2.45) is 0 Å². The van der Waals surface area contributed by atoms with Gasteiger partial charge in [-0.1, -0.05) is 32.9 Å². The first-order valence-electron chi connectivity index (χ1n) is 6.47. The van der Waals surface area contributed by atoms with Crippen molar-refractivity contribution in [1.82, 2.24) is 9.88 Å². The van der Waals surface area contributed by atoms with Crippen molar-refractivity contribution in [2.75, 3.05) is 13.1 Å². The summed E-state index contributed by atoms with van der Waals surface area (Å²) in [5.74, 6) is -0.905. The van der Waals surface area contributed by atoms with Gasteiger partial charge in [-0.05, 0) is 0 Å². The molecule has 0 atom stereocenters. The van der Waals surface area contributed by atoms with Crippen molar-refractivity contribution in [3.8, 4) is 0 Å². The minimum Gasteiger partial charge on any atom is -0.477 e. The molecule has 0 aliphatic rings. The highest BCUT2D eigenvalue weighted by atomic mass is 32.1. The molecule has 1 aromatic rings. The third kappa shape index (κ3) is 4.28. The highest BCUT2D eigenvalue weighted by molar-refractivity contribution is 7.13. The fourth-order valence-electron chi connectivity index (χ4n) is 1.85. The van der Waals surface area contributed by atoms with Gasteiger partial charge in [-0.15, -0.1) is 24.5 Å². The first-order valence-corrected chi connectivity index (χ1v) is 7.28. The van der Waals surface area contributed by atoms with Gasteiger partial charge in [-0.25, -0.2) is 9.78 Å². The molecular weight excluding hydrogens is 272 g/mol. The number of aromatic nitrogens is 1. The zero-order valence-corrected chi connectivity index (χ0v) is 13.2. The second-order valence-corrected chi connectivity index (χ2v) is 6.70. The van der Waals surface area contributed by atoms with E-state index in [0.717, 1.165) is 18.1 Å². The Morgan fingerprint density at radius 1 is 1.35 bits per heavy atom. The zero-order valence-electron chi connectivity index (χ0n) is 12.3. The van der Waals surface area contributed by atoms with Crippen molar-refractivity contribution in [2.45, 2.75) is 32.7 Å². The number of carboxylic acid groups (broad SMARTS) is 1. The average Bonchev–Trinajstić information content (AvgIpc) is 2.73. The number of nitrogens with zero attached hydrogens (tertiary/aromatic N) is 2. The normalized spacial score (nSPS) is 11.6. The van der Waals surface area contributed by atoms with Crippen LogP contribution in [0.5, 0.6) is 0 Å². The van der Waals surface area contributed by atoms with Crippen molar-refractivity contribution in [1.29, 1.82) is 0 Å². The lowest BCUT2D eigenvalue weighted by atomic mass is 9.91. The maximum Gasteiger partial charge on any atom is 0.347 e. The SMILES string of the molecule is C=CCN(CC=C)Cc1nc(C(C)(C)C)c(C(=O)O)s1. The van der Waals surface area contributed by atoms with Crippen LogP contribution in [-0.2, 0) is 12.0 Å². The van der Waals surface area contributed by atoms with Crippen molar-refractivity contribution in [3.63, 3.8) is 0 Å². The van der Waals surface area contributed by atoms with Gasteiger partial charge in [-0.3, -0.25) is 4.90 Å². The number of aromatic carboxylic acids is 1. The van der Waals surface area contributed by atoms with Crippen molar-refractivity contribution < 1.29 is 9.90 Å². The van der Waals surface area contributed by atoms with Crippen molar-refractivity contribution >= 4 is 17.3 Å². The van der Waals surface area contributed by atoms with Gasteiger partial charge in [0.25, 0.3) is 0 Å². The molecule has 1 aromatic heterocycles. The molecule has 4 nitrogen and oxygen atoms in total. The lowest BCUT2D eigenvalue weighted by molar-refractivity contribution is 0.0699. The molecular formula is C15H22N2O2S. The Bertz CT molecular complexity index is 490. The van der Waals surface area contributed by atoms with Crippen LogP contribution in [0.2, 0.25) is 0 Å². The maximum atomic E-state index is 11.3. The maximum absolute atomic E-state index is 11.3. The molecule has 0 radical (unpaired) electrons. The Morgan fingerprint density at radius 2 is 1.90 bits per heavy atom. The van der Waals surface area contributed by atoms with Crippen LogP contribution in [0, 0.1) is 0 Å². The van der Waals surface area contributed by atoms with Crippen LogP contribution in [0.15, 0.2) is 25.3 Å². The number of rotatable bonds is 7. The minimum absolute atomic E-state index is 0.274. The Labute approximate surface area is 124 Å². The quantitative estimate of drug-likeness (QED) is 0.784. The van der Waals surface area contributed by atoms with E-state index in [-0.39, 0.29) is 5.41 Å². The molecule has 0 saturated carbocycles. The molecule has 0 aliphatic carbocycles. The molecule has 0 unspecified atom stereocenters. The van der Waals surface area contributed by atoms with Crippen LogP contribution >= 0.6 is 11.3 Å². The van der Waals surface area contributed by atoms with Crippen LogP contribution in [0.25, 0.3) is 0 Å². The fraction of sp³-hybridized carbons (Fsp3) is 0.467. The molecule has 0 aromatic carbocycles. The van der Waals surface area contributed by atoms with E-state index in [9.17, 15) is 9.90 Å². The third-order valence-electron chi connectivity index (χ3n) is 2.71. The van der Waals surface area contributed by atoms with Gasteiger partial charge in [0.15, 0.2) is 0 Å². The predicted molar refractivity (Wildman–Crippen MR) is 83.4 cm³/mol. The van der Waals surface area contributed by atoms with E-state index in [1.54, 1.807) is 0 Å². The molecule has 20 heavy (non-hydrogen) atoms. The van der Waals surface area contributed by atoms with E-state index in [1.165, 1.54) is 11.3 Å². The second-order valence-electron chi connectivity index (χ2n) is 5.61. The number of carbonyl (C=O) groups is 1. The summed E-state index contributed by atoms with van der Waals surface area (Å²) in [5.41, 5.74) is 0.381. The lowest BCUT2D eigenvalue weighted by Crippen LogP contribution is -2.23. The average molecular weight is 294 g/mol. The van der Waals surface area contributed by atoms with Gasteiger partial charge in [-0.2, -0.15) is 0 Å². The number of carboxylic acids is 1. The number of thiazole rings is 1. The molecule has 0 bridgehead atoms. The van der Waals surface area contributed by atoms with Gasteiger partial charge in [0, 0.05) is 18.5 Å². The van der Waals surface area contributed by atoms with Gasteiger partial charge in [0.05, 0.1) is 12.2 Å². The number of hydrogen-bond acceptors (Lipinski definition) is 4. The minimum atomic E-state index is -0.905. The van der Waals surface area contributed by atoms with Gasteiger partial charge >= 0.3 is 5.97 Å². The van der Waals surface area contributed by atoms with Gasteiger partial charge < -0.3 is 5.11 Å². The Hall–Kier alpha value is -1.46. The zero-order chi connectivity index (χ0) is 15.3. The van der Waals surface area contributed by atoms with E-state index in [2.05, 4.69) is 23.0 Å². The highest BCUT2D eigenvalue weighted by Crippen LogP contribution is 2.30. The van der Waals surface area contributed by atoms with E-state index in [1.807, 2.05) is 32.9 Å². The largest absolute Gasteiger partial charge is 0.477 e. The monoisotopic (exact) mass is 294 g/mol. The molecule has 110 valence electrons. The first-order chi connectivity index (χ1) is 9.29. The predicted octanol–water partition coefficient (Wildman–Crippen LogP) is 3.31. The molecule has 0 spiro atoms. The Balaban J connectivity index is 3.04. The summed E-state index contributed by atoms with van der Waals surface area (Å²) in [5, 5.41) is 10.1. The Kier molecular flexibility index (Phi) is 5.65. The highest BCUT2D eigenvalue weighted by Gasteiger charge is 2.27. The summed E-state index contributed by atoms with van der Waals surface area (Å²) in [4.78, 5) is 18.3. The van der Waals surface area contributed by atoms with Crippen LogP contribution in [-0.4, -0.2) is 34.0 Å². The second kappa shape index (κ2) is 6.81. The molecule has 0 aliphatic heterocycles. The third-order valence-corrected chi connectivity index (χ3v) is 3.74. The summed E-state index contributed by atoms with van der Waals surface area (Å²) in [7, 11) is 0. The van der Waals surface area contributed by atoms with E-state index in [0.29, 0.717) is 17.1 Å². The molecule has 1 heterocycles. The molecule has 1 N–H and O–H groups in total. The van der Waals surface area contributed by atoms with Gasteiger partial charge in [0.2, 0.25) is 0 Å². The van der Waals surface area contributed by atoms with E-state index in [4.69, 9.17) is 0 Å². The molecule has 0 fully saturated rings. The van der Waals surface area contributed by atoms with Crippen molar-refractivity contribution in [3.05, 3.63) is 40.9 Å². The standard InChI is InChI=1S/C15H22N2O2S/c1-6-8-17(9-7-2)10-11-16-13(15(3,4)5)12(20-11)14(18)19/h6-7H,1-2,8-10H2,3-5H3,(H,18,19). The smallest absolute Gasteiger partial charge is 0.347 e. The number of hydrogen-bond donors (Lipinski definition) is 1. The Morgan fingerprint density at radius 3 is 2.25 bits per heavy atom. The summed E-state index contributed by atoms with van der Waals surface area (Å²) < 4.78 is 0. The molecule has 0 amide bonds. The van der Waals surface area contributed by atoms with Crippen LogP contribution < -0.4 is 0 Å². The van der Waals surface area contributed by atoms with Crippen LogP contribution in [0.3, 0.4) is 0 Å². The summed E-state index contributed by atoms with van der Waals surface area (Å²) >= 11 is 1.25. The van der Waals surface area contributed by atoms with E-state index >= 15 is 0 Å². The lowest BCUT2D eigenvalue weighted by Gasteiger charge is -2.17. The fourth-order valence-corrected chi connectivity index (χ4v) is 3.00. The molecule has 1 rings (SSSR count). The van der Waals surface area contributed by atoms with Crippen LogP contribution in [0.4, 0.5) is 0 Å². The first kappa shape index (κ1) is 16.6. The topological polar surface area (TPSA) is 53.4 Å². The summed E-state index contributed by atoms with van der Waals surface area (Å²) in [6.07, 6.45) is 3.64. The van der Waals surface area contributed by atoms with Gasteiger partial charge in [0.1, 0.15) is 9.88 Å². The summed E-state index contributed by atoms with van der Waals surface area (Å²) in [6.45, 7) is 15.4.